The Morgan fingerprint density at radius 2 is 1.58 bits per heavy atom. The molecule has 0 aromatic rings. The molecule has 13 N–H and O–H groups in total. The van der Waals surface area contributed by atoms with Crippen LogP contribution < -0.4 is 27.4 Å². The van der Waals surface area contributed by atoms with E-state index < -0.39 is 129 Å². The monoisotopic (exact) mass is 653 g/mol. The van der Waals surface area contributed by atoms with Crippen molar-refractivity contribution in [3.05, 3.63) is 0 Å². The number of aliphatic carboxylic acids is 1. The molecule has 258 valence electrons. The fourth-order valence-corrected chi connectivity index (χ4v) is 4.79. The van der Waals surface area contributed by atoms with Gasteiger partial charge in [-0.2, -0.15) is 0 Å². The van der Waals surface area contributed by atoms with Crippen LogP contribution in [0.2, 0.25) is 0 Å². The number of aliphatic hydroxyl groups is 5. The zero-order valence-corrected chi connectivity index (χ0v) is 24.7. The Morgan fingerprint density at radius 1 is 0.933 bits per heavy atom. The zero-order valence-electron chi connectivity index (χ0n) is 24.7. The lowest BCUT2D eigenvalue weighted by atomic mass is 9.94. The first-order valence-electron chi connectivity index (χ1n) is 14.1. The van der Waals surface area contributed by atoms with Crippen molar-refractivity contribution in [1.82, 2.24) is 16.0 Å². The first-order chi connectivity index (χ1) is 21.1. The van der Waals surface area contributed by atoms with Crippen molar-refractivity contribution in [2.24, 2.45) is 11.5 Å². The average Bonchev–Trinajstić information content (AvgIpc) is 2.98. The van der Waals surface area contributed by atoms with E-state index in [2.05, 4.69) is 16.0 Å². The number of primary amides is 1. The van der Waals surface area contributed by atoms with Gasteiger partial charge in [0.25, 0.3) is 0 Å². The summed E-state index contributed by atoms with van der Waals surface area (Å²) in [6.07, 6.45) is -12.8. The van der Waals surface area contributed by atoms with Crippen molar-refractivity contribution in [2.45, 2.75) is 106 Å². The highest BCUT2D eigenvalue weighted by Gasteiger charge is 2.51. The Balaban J connectivity index is 2.22. The summed E-state index contributed by atoms with van der Waals surface area (Å²) in [7, 11) is 0. The van der Waals surface area contributed by atoms with Gasteiger partial charge >= 0.3 is 5.97 Å². The predicted molar refractivity (Wildman–Crippen MR) is 146 cm³/mol. The smallest absolute Gasteiger partial charge is 0.303 e. The largest absolute Gasteiger partial charge is 0.481 e. The molecule has 20 heteroatoms. The van der Waals surface area contributed by atoms with Gasteiger partial charge in [0.15, 0.2) is 12.6 Å². The van der Waals surface area contributed by atoms with Crippen LogP contribution in [0.5, 0.6) is 0 Å². The molecule has 2 heterocycles. The van der Waals surface area contributed by atoms with Crippen molar-refractivity contribution in [3.8, 4) is 0 Å². The number of amides is 4. The summed E-state index contributed by atoms with van der Waals surface area (Å²) in [5, 5.41) is 66.4. The van der Waals surface area contributed by atoms with Crippen LogP contribution in [0.4, 0.5) is 0 Å². The summed E-state index contributed by atoms with van der Waals surface area (Å²) >= 11 is 0. The van der Waals surface area contributed by atoms with Crippen LogP contribution in [-0.2, 0) is 42.9 Å². The quantitative estimate of drug-likeness (QED) is 0.0737. The van der Waals surface area contributed by atoms with Gasteiger partial charge in [0.1, 0.15) is 61.4 Å². The Labute approximate surface area is 257 Å². The van der Waals surface area contributed by atoms with Gasteiger partial charge in [0, 0.05) is 13.3 Å². The van der Waals surface area contributed by atoms with Crippen LogP contribution in [-0.4, -0.2) is 153 Å². The van der Waals surface area contributed by atoms with Gasteiger partial charge in [-0.05, 0) is 12.8 Å². The van der Waals surface area contributed by atoms with E-state index in [9.17, 15) is 49.5 Å². The highest BCUT2D eigenvalue weighted by atomic mass is 16.7. The minimum absolute atomic E-state index is 0.0297. The molecule has 1 unspecified atom stereocenters. The van der Waals surface area contributed by atoms with Crippen LogP contribution in [0.1, 0.15) is 33.1 Å². The molecule has 45 heavy (non-hydrogen) atoms. The molecular weight excluding hydrogens is 610 g/mol. The summed E-state index contributed by atoms with van der Waals surface area (Å²) in [6, 6.07) is -5.32. The number of carboxylic acid groups (broad SMARTS) is 1. The number of carbonyl (C=O) groups excluding carboxylic acids is 4. The molecule has 0 aromatic heterocycles. The molecule has 20 nitrogen and oxygen atoms in total. The van der Waals surface area contributed by atoms with Crippen LogP contribution in [0.25, 0.3) is 0 Å². The molecular formula is C25H43N5O15. The normalized spacial score (nSPS) is 33.0. The molecule has 0 radical (unpaired) electrons. The molecule has 2 aliphatic heterocycles. The van der Waals surface area contributed by atoms with Gasteiger partial charge in [-0.3, -0.25) is 24.0 Å². The number of nitrogens with one attached hydrogen (secondary N) is 3. The van der Waals surface area contributed by atoms with Crippen LogP contribution in [0.3, 0.4) is 0 Å². The maximum absolute atomic E-state index is 12.9. The molecule has 0 bridgehead atoms. The summed E-state index contributed by atoms with van der Waals surface area (Å²) in [5.41, 5.74) is 11.2. The van der Waals surface area contributed by atoms with E-state index in [4.69, 9.17) is 35.5 Å². The third-order valence-corrected chi connectivity index (χ3v) is 7.21. The number of ether oxygens (including phenoxy) is 4. The molecule has 0 aliphatic carbocycles. The summed E-state index contributed by atoms with van der Waals surface area (Å²) < 4.78 is 22.5. The van der Waals surface area contributed by atoms with Crippen molar-refractivity contribution in [3.63, 3.8) is 0 Å². The first kappa shape index (κ1) is 38.1. The van der Waals surface area contributed by atoms with E-state index in [1.165, 1.54) is 6.92 Å². The SMILES string of the molecule is CC[C@H](NC(=O)CO[C@H]1[C@H](O[C@@H]2O[C@H](CO)[C@@H](O)[C@H](O)[C@H]2N)[C@@H](CO)OC(O)[C@@H]1NC(C)=O)C(=O)N[C@H](CCC(=O)O)C(N)=O. The van der Waals surface area contributed by atoms with Crippen LogP contribution >= 0.6 is 0 Å². The molecule has 2 fully saturated rings. The van der Waals surface area contributed by atoms with Crippen molar-refractivity contribution in [1.29, 1.82) is 0 Å². The predicted octanol–water partition coefficient (Wildman–Crippen LogP) is -6.53. The van der Waals surface area contributed by atoms with Crippen molar-refractivity contribution >= 4 is 29.6 Å². The highest BCUT2D eigenvalue weighted by Crippen LogP contribution is 2.29. The van der Waals surface area contributed by atoms with Gasteiger partial charge in [-0.1, -0.05) is 6.92 Å². The van der Waals surface area contributed by atoms with E-state index in [0.717, 1.165) is 6.92 Å². The van der Waals surface area contributed by atoms with Crippen LogP contribution in [0, 0.1) is 0 Å². The fourth-order valence-electron chi connectivity index (χ4n) is 4.79. The highest BCUT2D eigenvalue weighted by molar-refractivity contribution is 5.92. The molecule has 2 rings (SSSR count). The summed E-state index contributed by atoms with van der Waals surface area (Å²) in [6.45, 7) is 0.338. The van der Waals surface area contributed by atoms with Crippen molar-refractivity contribution < 1.29 is 73.6 Å². The average molecular weight is 654 g/mol. The van der Waals surface area contributed by atoms with E-state index in [1.807, 2.05) is 0 Å². The lowest BCUT2D eigenvalue weighted by Gasteiger charge is -2.47. The van der Waals surface area contributed by atoms with E-state index in [-0.39, 0.29) is 12.8 Å². The second kappa shape index (κ2) is 17.6. The van der Waals surface area contributed by atoms with Crippen molar-refractivity contribution in [2.75, 3.05) is 19.8 Å². The number of rotatable bonds is 16. The molecule has 12 atom stereocenters. The molecule has 2 aliphatic rings. The lowest BCUT2D eigenvalue weighted by Crippen LogP contribution is -2.69. The van der Waals surface area contributed by atoms with E-state index >= 15 is 0 Å². The third-order valence-electron chi connectivity index (χ3n) is 7.21. The second-order valence-electron chi connectivity index (χ2n) is 10.6. The molecule has 4 amide bonds. The fraction of sp³-hybridized carbons (Fsp3) is 0.800. The number of nitrogens with two attached hydrogens (primary N) is 2. The Morgan fingerprint density at radius 3 is 2.11 bits per heavy atom. The number of aliphatic hydroxyl groups excluding tert-OH is 5. The Bertz CT molecular complexity index is 1030. The van der Waals surface area contributed by atoms with Crippen LogP contribution in [0.15, 0.2) is 0 Å². The standard InChI is InChI=1S/C25H43N5O15/c1-3-10(23(40)30-11(22(27)39)4-5-15(35)36)29-14(34)8-42-21-17(28-9(2)33)24(41)43-13(7-32)20(21)45-25-16(26)19(38)18(37)12(6-31)44-25/h10-13,16-21,24-25,31-32,37-38,41H,3-8,26H2,1-2H3,(H2,27,39)(H,28,33)(H,29,34)(H,30,40)(H,35,36)/t10-,11+,12+,13+,16+,17+,18+,19+,20+,21+,24?,25-/m0/s1. The number of carbonyl (C=O) groups is 5. The Hall–Kier alpha value is -3.05. The summed E-state index contributed by atoms with van der Waals surface area (Å²) in [4.78, 5) is 60.1. The molecule has 2 saturated heterocycles. The Kier molecular flexibility index (Phi) is 14.9. The van der Waals surface area contributed by atoms with Gasteiger partial charge < -0.3 is 77.0 Å². The van der Waals surface area contributed by atoms with E-state index in [1.54, 1.807) is 0 Å². The zero-order chi connectivity index (χ0) is 34.0. The maximum Gasteiger partial charge on any atom is 0.303 e. The van der Waals surface area contributed by atoms with Gasteiger partial charge in [0.2, 0.25) is 23.6 Å². The van der Waals surface area contributed by atoms with Gasteiger partial charge in [-0.15, -0.1) is 0 Å². The van der Waals surface area contributed by atoms with E-state index in [0.29, 0.717) is 0 Å². The molecule has 0 aromatic carbocycles. The summed E-state index contributed by atoms with van der Waals surface area (Å²) in [5.74, 6) is -4.56. The number of hydrogen-bond donors (Lipinski definition) is 11. The minimum atomic E-state index is -1.77. The number of hydrogen-bond acceptors (Lipinski definition) is 15. The topological polar surface area (TPSA) is 332 Å². The lowest BCUT2D eigenvalue weighted by molar-refractivity contribution is -0.329. The molecule has 0 spiro atoms. The first-order valence-corrected chi connectivity index (χ1v) is 14.1. The van der Waals surface area contributed by atoms with Gasteiger partial charge in [0.05, 0.1) is 19.3 Å². The maximum atomic E-state index is 12.9. The second-order valence-corrected chi connectivity index (χ2v) is 10.6. The third kappa shape index (κ3) is 10.5. The minimum Gasteiger partial charge on any atom is -0.481 e. The molecule has 0 saturated carbocycles. The number of carboxylic acids is 1. The van der Waals surface area contributed by atoms with Gasteiger partial charge in [-0.25, -0.2) is 0 Å².